The smallest absolute Gasteiger partial charge is 0.228 e. The van der Waals surface area contributed by atoms with Gasteiger partial charge in [-0.05, 0) is 91.3 Å². The van der Waals surface area contributed by atoms with Gasteiger partial charge in [0.2, 0.25) is 11.7 Å². The van der Waals surface area contributed by atoms with Gasteiger partial charge < -0.3 is 14.7 Å². The molecular formula is C39H57N3O4. The van der Waals surface area contributed by atoms with E-state index in [-0.39, 0.29) is 38.6 Å². The molecule has 2 aliphatic heterocycles. The van der Waals surface area contributed by atoms with Crippen LogP contribution in [0.1, 0.15) is 86.5 Å². The highest BCUT2D eigenvalue weighted by molar-refractivity contribution is 6.06. The Balaban J connectivity index is 1.10. The monoisotopic (exact) mass is 631 g/mol. The number of amides is 1. The third-order valence-electron chi connectivity index (χ3n) is 14.9. The van der Waals surface area contributed by atoms with Gasteiger partial charge in [-0.15, -0.1) is 0 Å². The molecule has 0 aromatic rings. The van der Waals surface area contributed by atoms with Crippen LogP contribution in [0.4, 0.5) is 0 Å². The number of fused-ring (bicyclic) bond motifs is 7. The summed E-state index contributed by atoms with van der Waals surface area (Å²) in [6.45, 7) is 23.6. The fourth-order valence-corrected chi connectivity index (χ4v) is 11.3. The maximum Gasteiger partial charge on any atom is 0.228 e. The minimum Gasteiger partial charge on any atom is -0.504 e. The van der Waals surface area contributed by atoms with Gasteiger partial charge in [-0.1, -0.05) is 52.3 Å². The van der Waals surface area contributed by atoms with Gasteiger partial charge in [-0.3, -0.25) is 19.4 Å². The molecule has 0 aromatic heterocycles. The quantitative estimate of drug-likeness (QED) is 0.405. The Kier molecular flexibility index (Phi) is 7.85. The van der Waals surface area contributed by atoms with E-state index in [1.165, 1.54) is 12.0 Å². The van der Waals surface area contributed by atoms with Crippen molar-refractivity contribution in [2.24, 2.45) is 33.0 Å². The molecular weight excluding hydrogens is 574 g/mol. The number of piperazine rings is 1. The standard InChI is InChI=1S/C39H57N3O4/c1-27-28-7-8-31-37(4,29(28)25-30(43)33(27)44)12-14-39(6)32-26-36(3,10-9-35(32,2)11-13-38(31,39)5)34(45)42-19-17-40(18-20-42)15-16-41-21-23-46-24-22-41/h7-8,25,32,44H,9-24,26H2,1-6H3/t32-,35-,36-,37+,38-,39+/m1/s1. The molecule has 0 bridgehead atoms. The predicted octanol–water partition coefficient (Wildman–Crippen LogP) is 6.09. The molecule has 0 aromatic carbocycles. The zero-order valence-electron chi connectivity index (χ0n) is 29.3. The van der Waals surface area contributed by atoms with Crippen LogP contribution >= 0.6 is 0 Å². The molecule has 7 rings (SSSR count). The van der Waals surface area contributed by atoms with E-state index in [2.05, 4.69) is 61.5 Å². The Morgan fingerprint density at radius 3 is 2.22 bits per heavy atom. The Bertz CT molecular complexity index is 1430. The predicted molar refractivity (Wildman–Crippen MR) is 181 cm³/mol. The lowest BCUT2D eigenvalue weighted by atomic mass is 9.34. The van der Waals surface area contributed by atoms with Crippen LogP contribution in [0, 0.1) is 33.0 Å². The van der Waals surface area contributed by atoms with Gasteiger partial charge in [0.1, 0.15) is 0 Å². The molecule has 7 aliphatic rings. The van der Waals surface area contributed by atoms with E-state index in [4.69, 9.17) is 4.74 Å². The molecule has 5 aliphatic carbocycles. The summed E-state index contributed by atoms with van der Waals surface area (Å²) in [4.78, 5) is 34.5. The second-order valence-corrected chi connectivity index (χ2v) is 17.2. The van der Waals surface area contributed by atoms with E-state index in [0.717, 1.165) is 115 Å². The summed E-state index contributed by atoms with van der Waals surface area (Å²) in [5.74, 6) is 0.466. The Labute approximate surface area is 276 Å². The largest absolute Gasteiger partial charge is 0.504 e. The van der Waals surface area contributed by atoms with E-state index in [1.807, 2.05) is 6.92 Å². The van der Waals surface area contributed by atoms with Gasteiger partial charge in [0.05, 0.1) is 13.2 Å². The minimum atomic E-state index is -0.325. The van der Waals surface area contributed by atoms with Crippen LogP contribution in [-0.4, -0.2) is 97.1 Å². The molecule has 7 nitrogen and oxygen atoms in total. The third kappa shape index (κ3) is 4.76. The molecule has 3 saturated carbocycles. The van der Waals surface area contributed by atoms with E-state index in [9.17, 15) is 14.7 Å². The first-order valence-corrected chi connectivity index (χ1v) is 18.2. The first-order valence-electron chi connectivity index (χ1n) is 18.2. The number of ether oxygens (including phenoxy) is 1. The summed E-state index contributed by atoms with van der Waals surface area (Å²) < 4.78 is 5.51. The van der Waals surface area contributed by atoms with Crippen LogP contribution in [0.3, 0.4) is 0 Å². The normalized spacial score (nSPS) is 41.9. The zero-order chi connectivity index (χ0) is 32.7. The zero-order valence-corrected chi connectivity index (χ0v) is 29.3. The molecule has 0 unspecified atom stereocenters. The summed E-state index contributed by atoms with van der Waals surface area (Å²) >= 11 is 0. The van der Waals surface area contributed by atoms with Crippen LogP contribution in [0.15, 0.2) is 46.3 Å². The van der Waals surface area contributed by atoms with Crippen LogP contribution in [-0.2, 0) is 14.3 Å². The van der Waals surface area contributed by atoms with E-state index in [0.29, 0.717) is 17.4 Å². The molecule has 1 amide bonds. The molecule has 252 valence electrons. The summed E-state index contributed by atoms with van der Waals surface area (Å²) in [5.41, 5.74) is 3.99. The van der Waals surface area contributed by atoms with Crippen molar-refractivity contribution in [1.29, 1.82) is 0 Å². The van der Waals surface area contributed by atoms with Crippen molar-refractivity contribution in [2.45, 2.75) is 86.5 Å². The second kappa shape index (κ2) is 11.2. The van der Waals surface area contributed by atoms with Crippen LogP contribution in [0.2, 0.25) is 0 Å². The number of allylic oxidation sites excluding steroid dienone is 7. The van der Waals surface area contributed by atoms with Crippen molar-refractivity contribution in [2.75, 3.05) is 65.6 Å². The fraction of sp³-hybridized carbons (Fsp3) is 0.744. The first-order chi connectivity index (χ1) is 21.7. The summed E-state index contributed by atoms with van der Waals surface area (Å²) in [6.07, 6.45) is 13.7. The van der Waals surface area contributed by atoms with Gasteiger partial charge >= 0.3 is 0 Å². The van der Waals surface area contributed by atoms with Gasteiger partial charge in [-0.2, -0.15) is 0 Å². The number of carbonyl (C=O) groups excluding carboxylic acids is 2. The number of aliphatic hydroxyl groups excluding tert-OH is 1. The highest BCUT2D eigenvalue weighted by atomic mass is 16.5. The van der Waals surface area contributed by atoms with Crippen LogP contribution < -0.4 is 0 Å². The van der Waals surface area contributed by atoms with E-state index >= 15 is 0 Å². The SMILES string of the molecule is CC1=C(O)C(=O)C=C2C1=CC=C1[C@@]2(C)CC[C@@]2(C)[C@@H]3C[C@](C)(C(=O)N4CCN(CCN5CCOCC5)CC4)CC[C@]3(C)CC[C@]12C. The fourth-order valence-electron chi connectivity index (χ4n) is 11.3. The van der Waals surface area contributed by atoms with Gasteiger partial charge in [0.15, 0.2) is 5.76 Å². The Morgan fingerprint density at radius 1 is 0.870 bits per heavy atom. The molecule has 0 radical (unpaired) electrons. The number of morpholine rings is 1. The average molecular weight is 632 g/mol. The molecule has 46 heavy (non-hydrogen) atoms. The van der Waals surface area contributed by atoms with Crippen molar-refractivity contribution < 1.29 is 19.4 Å². The van der Waals surface area contributed by atoms with Gasteiger partial charge in [0.25, 0.3) is 0 Å². The molecule has 2 saturated heterocycles. The topological polar surface area (TPSA) is 73.3 Å². The van der Waals surface area contributed by atoms with Crippen molar-refractivity contribution in [3.05, 3.63) is 46.3 Å². The highest BCUT2D eigenvalue weighted by Crippen LogP contribution is 2.75. The lowest BCUT2D eigenvalue weighted by Gasteiger charge is -2.70. The number of hydrogen-bond acceptors (Lipinski definition) is 6. The highest BCUT2D eigenvalue weighted by Gasteiger charge is 2.67. The summed E-state index contributed by atoms with van der Waals surface area (Å²) in [6, 6.07) is 0. The van der Waals surface area contributed by atoms with Crippen molar-refractivity contribution >= 4 is 11.7 Å². The Hall–Kier alpha value is -2.22. The lowest BCUT2D eigenvalue weighted by molar-refractivity contribution is -0.175. The average Bonchev–Trinajstić information content (AvgIpc) is 3.05. The lowest BCUT2D eigenvalue weighted by Crippen LogP contribution is -2.63. The third-order valence-corrected chi connectivity index (χ3v) is 14.9. The molecule has 5 fully saturated rings. The number of hydrogen-bond donors (Lipinski definition) is 1. The first kappa shape index (κ1) is 32.3. The number of nitrogens with zero attached hydrogens (tertiary/aromatic N) is 3. The summed E-state index contributed by atoms with van der Waals surface area (Å²) in [7, 11) is 0. The number of rotatable bonds is 4. The maximum atomic E-state index is 14.4. The maximum absolute atomic E-state index is 14.4. The van der Waals surface area contributed by atoms with Gasteiger partial charge in [0, 0.05) is 68.8 Å². The Morgan fingerprint density at radius 2 is 1.52 bits per heavy atom. The molecule has 6 atom stereocenters. The number of aliphatic hydroxyl groups is 1. The van der Waals surface area contributed by atoms with Crippen molar-refractivity contribution in [3.63, 3.8) is 0 Å². The molecule has 7 heteroatoms. The van der Waals surface area contributed by atoms with Crippen LogP contribution in [0.25, 0.3) is 0 Å². The van der Waals surface area contributed by atoms with Gasteiger partial charge in [-0.25, -0.2) is 0 Å². The van der Waals surface area contributed by atoms with E-state index < -0.39 is 0 Å². The molecule has 1 N–H and O–H groups in total. The number of ketones is 1. The minimum absolute atomic E-state index is 0.0272. The summed E-state index contributed by atoms with van der Waals surface area (Å²) in [5, 5.41) is 10.5. The van der Waals surface area contributed by atoms with Crippen molar-refractivity contribution in [1.82, 2.24) is 14.7 Å². The number of carbonyl (C=O) groups is 2. The molecule has 2 heterocycles. The second-order valence-electron chi connectivity index (χ2n) is 17.2. The molecule has 0 spiro atoms. The van der Waals surface area contributed by atoms with E-state index in [1.54, 1.807) is 6.08 Å². The van der Waals surface area contributed by atoms with Crippen molar-refractivity contribution in [3.8, 4) is 0 Å². The van der Waals surface area contributed by atoms with Crippen LogP contribution in [0.5, 0.6) is 0 Å².